The van der Waals surface area contributed by atoms with Gasteiger partial charge in [0, 0.05) is 39.5 Å². The molecule has 0 aliphatic heterocycles. The Morgan fingerprint density at radius 3 is 2.26 bits per heavy atom. The van der Waals surface area contributed by atoms with Crippen molar-refractivity contribution in [3.05, 3.63) is 112 Å². The molecule has 0 amide bonds. The molecular weight excluding hydrogens is 487 g/mol. The standard InChI is InChI=1S/C24H19Cl3N2S2/c25-19-5-1-17(2-6-19)15-30-20-7-3-18(4-8-20)24(14-29-12-11-28-16-29)31-21-9-10-22(26)23(27)13-21/h1-13,16,24H,14-15H2. The Morgan fingerprint density at radius 2 is 1.58 bits per heavy atom. The fourth-order valence-electron chi connectivity index (χ4n) is 3.04. The normalized spacial score (nSPS) is 12.1. The first-order chi connectivity index (χ1) is 15.1. The van der Waals surface area contributed by atoms with Crippen LogP contribution in [0.3, 0.4) is 0 Å². The van der Waals surface area contributed by atoms with Crippen LogP contribution in [0.15, 0.2) is 95.2 Å². The number of hydrogen-bond acceptors (Lipinski definition) is 3. The van der Waals surface area contributed by atoms with Gasteiger partial charge >= 0.3 is 0 Å². The molecule has 4 rings (SSSR count). The number of hydrogen-bond donors (Lipinski definition) is 0. The fourth-order valence-corrected chi connectivity index (χ4v) is 5.58. The zero-order valence-electron chi connectivity index (χ0n) is 16.4. The average Bonchev–Trinajstić information content (AvgIpc) is 3.29. The summed E-state index contributed by atoms with van der Waals surface area (Å²) in [5.74, 6) is 0.910. The highest BCUT2D eigenvalue weighted by Gasteiger charge is 2.15. The molecule has 0 N–H and O–H groups in total. The van der Waals surface area contributed by atoms with Crippen LogP contribution in [0.1, 0.15) is 16.4 Å². The predicted molar refractivity (Wildman–Crippen MR) is 135 cm³/mol. The van der Waals surface area contributed by atoms with Crippen LogP contribution in [0.2, 0.25) is 15.1 Å². The second-order valence-electron chi connectivity index (χ2n) is 6.93. The Hall–Kier alpha value is -1.56. The second kappa shape index (κ2) is 10.8. The lowest BCUT2D eigenvalue weighted by atomic mass is 10.1. The van der Waals surface area contributed by atoms with E-state index >= 15 is 0 Å². The number of rotatable bonds is 8. The number of nitrogens with zero attached hydrogens (tertiary/aromatic N) is 2. The summed E-state index contributed by atoms with van der Waals surface area (Å²) in [4.78, 5) is 6.50. The molecular formula is C24H19Cl3N2S2. The maximum absolute atomic E-state index is 6.23. The molecule has 0 radical (unpaired) electrons. The molecule has 3 aromatic carbocycles. The van der Waals surface area contributed by atoms with Gasteiger partial charge in [-0.1, -0.05) is 59.1 Å². The van der Waals surface area contributed by atoms with Gasteiger partial charge in [0.15, 0.2) is 0 Å². The molecule has 0 saturated heterocycles. The van der Waals surface area contributed by atoms with E-state index in [0.717, 1.165) is 22.2 Å². The van der Waals surface area contributed by atoms with Gasteiger partial charge in [0.05, 0.1) is 21.6 Å². The van der Waals surface area contributed by atoms with Crippen molar-refractivity contribution in [2.24, 2.45) is 0 Å². The van der Waals surface area contributed by atoms with Gasteiger partial charge in [-0.05, 0) is 53.6 Å². The Morgan fingerprint density at radius 1 is 0.839 bits per heavy atom. The summed E-state index contributed by atoms with van der Waals surface area (Å²) in [5.41, 5.74) is 2.51. The minimum absolute atomic E-state index is 0.210. The van der Waals surface area contributed by atoms with Gasteiger partial charge < -0.3 is 4.57 Å². The van der Waals surface area contributed by atoms with Crippen LogP contribution in [0.4, 0.5) is 0 Å². The van der Waals surface area contributed by atoms with Crippen molar-refractivity contribution in [2.75, 3.05) is 0 Å². The lowest BCUT2D eigenvalue weighted by molar-refractivity contribution is 0.683. The van der Waals surface area contributed by atoms with Crippen LogP contribution >= 0.6 is 58.3 Å². The van der Waals surface area contributed by atoms with E-state index in [9.17, 15) is 0 Å². The van der Waals surface area contributed by atoms with Crippen molar-refractivity contribution in [2.45, 2.75) is 27.3 Å². The lowest BCUT2D eigenvalue weighted by Gasteiger charge is -2.18. The molecule has 158 valence electrons. The molecule has 1 atom stereocenters. The zero-order valence-corrected chi connectivity index (χ0v) is 20.3. The van der Waals surface area contributed by atoms with Crippen LogP contribution in [-0.4, -0.2) is 9.55 Å². The molecule has 2 nitrogen and oxygen atoms in total. The van der Waals surface area contributed by atoms with Gasteiger partial charge in [0.25, 0.3) is 0 Å². The first-order valence-electron chi connectivity index (χ1n) is 9.61. The Bertz CT molecular complexity index is 1110. The smallest absolute Gasteiger partial charge is 0.0946 e. The predicted octanol–water partition coefficient (Wildman–Crippen LogP) is 8.67. The average molecular weight is 506 g/mol. The van der Waals surface area contributed by atoms with Gasteiger partial charge in [0.2, 0.25) is 0 Å². The monoisotopic (exact) mass is 504 g/mol. The molecule has 0 fully saturated rings. The van der Waals surface area contributed by atoms with Gasteiger partial charge in [-0.15, -0.1) is 23.5 Å². The van der Waals surface area contributed by atoms with E-state index in [1.165, 1.54) is 16.0 Å². The fraction of sp³-hybridized carbons (Fsp3) is 0.125. The van der Waals surface area contributed by atoms with E-state index in [1.807, 2.05) is 54.6 Å². The summed E-state index contributed by atoms with van der Waals surface area (Å²) in [5, 5.41) is 2.12. The highest BCUT2D eigenvalue weighted by atomic mass is 35.5. The SMILES string of the molecule is Clc1ccc(CSc2ccc(C(Cn3ccnc3)Sc3ccc(Cl)c(Cl)c3)cc2)cc1. The zero-order chi connectivity index (χ0) is 21.6. The number of imidazole rings is 1. The van der Waals surface area contributed by atoms with Crippen molar-refractivity contribution in [1.82, 2.24) is 9.55 Å². The third-order valence-corrected chi connectivity index (χ3v) is 7.98. The van der Waals surface area contributed by atoms with Crippen LogP contribution in [0, 0.1) is 0 Å². The van der Waals surface area contributed by atoms with Crippen molar-refractivity contribution >= 4 is 58.3 Å². The van der Waals surface area contributed by atoms with Gasteiger partial charge in [-0.25, -0.2) is 4.98 Å². The molecule has 0 aliphatic rings. The van der Waals surface area contributed by atoms with Crippen LogP contribution < -0.4 is 0 Å². The molecule has 1 aromatic heterocycles. The lowest BCUT2D eigenvalue weighted by Crippen LogP contribution is -2.05. The van der Waals surface area contributed by atoms with Crippen molar-refractivity contribution < 1.29 is 0 Å². The molecule has 0 saturated carbocycles. The summed E-state index contributed by atoms with van der Waals surface area (Å²) >= 11 is 21.9. The molecule has 0 aliphatic carbocycles. The number of thioether (sulfide) groups is 2. The summed E-state index contributed by atoms with van der Waals surface area (Å²) in [6, 6.07) is 22.6. The highest BCUT2D eigenvalue weighted by molar-refractivity contribution is 7.99. The minimum Gasteiger partial charge on any atom is -0.336 e. The summed E-state index contributed by atoms with van der Waals surface area (Å²) in [7, 11) is 0. The first-order valence-corrected chi connectivity index (χ1v) is 12.6. The van der Waals surface area contributed by atoms with E-state index in [2.05, 4.69) is 45.9 Å². The Labute approximate surface area is 205 Å². The van der Waals surface area contributed by atoms with Gasteiger partial charge in [-0.3, -0.25) is 0 Å². The van der Waals surface area contributed by atoms with E-state index in [0.29, 0.717) is 10.0 Å². The second-order valence-corrected chi connectivity index (χ2v) is 10.5. The summed E-state index contributed by atoms with van der Waals surface area (Å²) in [6.45, 7) is 0.808. The Kier molecular flexibility index (Phi) is 7.91. The summed E-state index contributed by atoms with van der Waals surface area (Å²) in [6.07, 6.45) is 5.63. The topological polar surface area (TPSA) is 17.8 Å². The van der Waals surface area contributed by atoms with Crippen LogP contribution in [0.25, 0.3) is 0 Å². The van der Waals surface area contributed by atoms with E-state index < -0.39 is 0 Å². The number of aromatic nitrogens is 2. The van der Waals surface area contributed by atoms with Crippen molar-refractivity contribution in [3.8, 4) is 0 Å². The highest BCUT2D eigenvalue weighted by Crippen LogP contribution is 2.39. The molecule has 4 aromatic rings. The quantitative estimate of drug-likeness (QED) is 0.223. The minimum atomic E-state index is 0.210. The molecule has 31 heavy (non-hydrogen) atoms. The number of halogens is 3. The van der Waals surface area contributed by atoms with Crippen LogP contribution in [0.5, 0.6) is 0 Å². The largest absolute Gasteiger partial charge is 0.336 e. The Balaban J connectivity index is 1.48. The maximum Gasteiger partial charge on any atom is 0.0946 e. The third kappa shape index (κ3) is 6.47. The summed E-state index contributed by atoms with van der Waals surface area (Å²) < 4.78 is 2.10. The molecule has 1 heterocycles. The van der Waals surface area contributed by atoms with Gasteiger partial charge in [-0.2, -0.15) is 0 Å². The molecule has 0 bridgehead atoms. The van der Waals surface area contributed by atoms with E-state index in [4.69, 9.17) is 34.8 Å². The third-order valence-electron chi connectivity index (χ3n) is 4.68. The first kappa shape index (κ1) is 22.6. The maximum atomic E-state index is 6.23. The van der Waals surface area contributed by atoms with Crippen molar-refractivity contribution in [3.63, 3.8) is 0 Å². The molecule has 7 heteroatoms. The number of benzene rings is 3. The van der Waals surface area contributed by atoms with E-state index in [1.54, 1.807) is 18.0 Å². The van der Waals surface area contributed by atoms with Crippen LogP contribution in [-0.2, 0) is 12.3 Å². The van der Waals surface area contributed by atoms with E-state index in [-0.39, 0.29) is 5.25 Å². The molecule has 0 spiro atoms. The van der Waals surface area contributed by atoms with Crippen molar-refractivity contribution in [1.29, 1.82) is 0 Å². The molecule has 1 unspecified atom stereocenters. The van der Waals surface area contributed by atoms with Gasteiger partial charge in [0.1, 0.15) is 0 Å².